The van der Waals surface area contributed by atoms with Gasteiger partial charge in [0.05, 0.1) is 18.8 Å². The summed E-state index contributed by atoms with van der Waals surface area (Å²) in [6, 6.07) is 7.42. The van der Waals surface area contributed by atoms with Crippen molar-refractivity contribution in [1.29, 1.82) is 0 Å². The molecule has 1 aromatic carbocycles. The standard InChI is InChI=1S/C18H28O6S/c1-4-6-7-16(18(19)22-5-2)14-15-8-10-17(11-9-15)23-12-13-24-25(3,20)21/h8-11,16H,4-7,12-14H2,1-3H3. The van der Waals surface area contributed by atoms with E-state index in [4.69, 9.17) is 9.47 Å². The molecule has 0 radical (unpaired) electrons. The van der Waals surface area contributed by atoms with Crippen LogP contribution in [0.3, 0.4) is 0 Å². The van der Waals surface area contributed by atoms with Gasteiger partial charge in [0.25, 0.3) is 10.1 Å². The number of hydrogen-bond donors (Lipinski definition) is 0. The normalized spacial score (nSPS) is 12.6. The Hall–Kier alpha value is -1.60. The quantitative estimate of drug-likeness (QED) is 0.319. The maximum absolute atomic E-state index is 12.1. The maximum atomic E-state index is 12.1. The second-order valence-corrected chi connectivity index (χ2v) is 7.46. The molecule has 0 aliphatic heterocycles. The van der Waals surface area contributed by atoms with Crippen molar-refractivity contribution >= 4 is 16.1 Å². The second kappa shape index (κ2) is 11.1. The summed E-state index contributed by atoms with van der Waals surface area (Å²) in [7, 11) is -3.44. The molecule has 0 spiro atoms. The molecular formula is C18H28O6S. The van der Waals surface area contributed by atoms with E-state index in [1.54, 1.807) is 12.1 Å². The van der Waals surface area contributed by atoms with Gasteiger partial charge in [0.2, 0.25) is 0 Å². The van der Waals surface area contributed by atoms with Gasteiger partial charge in [-0.05, 0) is 37.5 Å². The molecule has 1 unspecified atom stereocenters. The summed E-state index contributed by atoms with van der Waals surface area (Å²) in [5.41, 5.74) is 1.04. The Morgan fingerprint density at radius 3 is 2.36 bits per heavy atom. The monoisotopic (exact) mass is 372 g/mol. The van der Waals surface area contributed by atoms with Crippen LogP contribution < -0.4 is 4.74 Å². The largest absolute Gasteiger partial charge is 0.491 e. The lowest BCUT2D eigenvalue weighted by atomic mass is 9.94. The SMILES string of the molecule is CCCCC(Cc1ccc(OCCOS(C)(=O)=O)cc1)C(=O)OCC. The van der Waals surface area contributed by atoms with Gasteiger partial charge >= 0.3 is 5.97 Å². The van der Waals surface area contributed by atoms with Crippen molar-refractivity contribution in [2.45, 2.75) is 39.5 Å². The molecule has 25 heavy (non-hydrogen) atoms. The average molecular weight is 372 g/mol. The summed E-state index contributed by atoms with van der Waals surface area (Å²) in [5, 5.41) is 0. The van der Waals surface area contributed by atoms with Crippen LogP contribution in [0.4, 0.5) is 0 Å². The first-order chi connectivity index (χ1) is 11.9. The number of benzene rings is 1. The predicted molar refractivity (Wildman–Crippen MR) is 96.1 cm³/mol. The van der Waals surface area contributed by atoms with Crippen LogP contribution in [0.1, 0.15) is 38.7 Å². The van der Waals surface area contributed by atoms with Crippen molar-refractivity contribution in [3.8, 4) is 5.75 Å². The van der Waals surface area contributed by atoms with Gasteiger partial charge in [0.1, 0.15) is 19.0 Å². The summed E-state index contributed by atoms with van der Waals surface area (Å²) in [4.78, 5) is 12.1. The van der Waals surface area contributed by atoms with Crippen molar-refractivity contribution in [2.75, 3.05) is 26.1 Å². The highest BCUT2D eigenvalue weighted by Gasteiger charge is 2.19. The number of carbonyl (C=O) groups excluding carboxylic acids is 1. The molecule has 1 rings (SSSR count). The lowest BCUT2D eigenvalue weighted by Gasteiger charge is -2.15. The molecule has 0 aliphatic carbocycles. The summed E-state index contributed by atoms with van der Waals surface area (Å²) in [5.74, 6) is 0.353. The zero-order valence-corrected chi connectivity index (χ0v) is 16.0. The first kappa shape index (κ1) is 21.4. The van der Waals surface area contributed by atoms with E-state index in [0.717, 1.165) is 31.1 Å². The molecule has 0 fully saturated rings. The van der Waals surface area contributed by atoms with Gasteiger partial charge in [-0.15, -0.1) is 0 Å². The third kappa shape index (κ3) is 9.45. The second-order valence-electron chi connectivity index (χ2n) is 5.81. The van der Waals surface area contributed by atoms with E-state index in [0.29, 0.717) is 18.8 Å². The summed E-state index contributed by atoms with van der Waals surface area (Å²) < 4.78 is 36.9. The third-order valence-electron chi connectivity index (χ3n) is 3.58. The summed E-state index contributed by atoms with van der Waals surface area (Å²) in [6.07, 6.45) is 4.48. The first-order valence-corrected chi connectivity index (χ1v) is 10.4. The van der Waals surface area contributed by atoms with E-state index in [1.807, 2.05) is 19.1 Å². The van der Waals surface area contributed by atoms with Crippen LogP contribution in [0.25, 0.3) is 0 Å². The number of unbranched alkanes of at least 4 members (excludes halogenated alkanes) is 1. The summed E-state index contributed by atoms with van der Waals surface area (Å²) >= 11 is 0. The van der Waals surface area contributed by atoms with Crippen molar-refractivity contribution in [1.82, 2.24) is 0 Å². The molecule has 142 valence electrons. The minimum Gasteiger partial charge on any atom is -0.491 e. The molecule has 7 heteroatoms. The number of carbonyl (C=O) groups is 1. The molecule has 0 amide bonds. The van der Waals surface area contributed by atoms with E-state index >= 15 is 0 Å². The molecule has 0 aliphatic rings. The van der Waals surface area contributed by atoms with Gasteiger partial charge < -0.3 is 9.47 Å². The fraction of sp³-hybridized carbons (Fsp3) is 0.611. The smallest absolute Gasteiger partial charge is 0.309 e. The third-order valence-corrected chi connectivity index (χ3v) is 4.18. The Bertz CT molecular complexity index is 609. The van der Waals surface area contributed by atoms with Gasteiger partial charge in [-0.3, -0.25) is 8.98 Å². The molecule has 0 saturated carbocycles. The van der Waals surface area contributed by atoms with Gasteiger partial charge in [-0.2, -0.15) is 8.42 Å². The van der Waals surface area contributed by atoms with Gasteiger partial charge in [0.15, 0.2) is 0 Å². The van der Waals surface area contributed by atoms with Crippen molar-refractivity contribution in [2.24, 2.45) is 5.92 Å². The molecule has 1 aromatic rings. The van der Waals surface area contributed by atoms with E-state index in [2.05, 4.69) is 11.1 Å². The first-order valence-electron chi connectivity index (χ1n) is 8.58. The molecule has 0 bridgehead atoms. The molecular weight excluding hydrogens is 344 g/mol. The molecule has 0 saturated heterocycles. The lowest BCUT2D eigenvalue weighted by molar-refractivity contribution is -0.148. The zero-order chi connectivity index (χ0) is 18.7. The molecule has 0 N–H and O–H groups in total. The number of rotatable bonds is 12. The van der Waals surface area contributed by atoms with Crippen molar-refractivity contribution < 1.29 is 26.9 Å². The summed E-state index contributed by atoms with van der Waals surface area (Å²) in [6.45, 7) is 4.43. The van der Waals surface area contributed by atoms with Gasteiger partial charge in [0, 0.05) is 0 Å². The van der Waals surface area contributed by atoms with Crippen LogP contribution in [0, 0.1) is 5.92 Å². The minimum absolute atomic E-state index is 0.0253. The molecule has 0 heterocycles. The highest BCUT2D eigenvalue weighted by Crippen LogP contribution is 2.19. The Kier molecular flexibility index (Phi) is 9.52. The minimum atomic E-state index is -3.44. The van der Waals surface area contributed by atoms with Gasteiger partial charge in [-0.25, -0.2) is 0 Å². The zero-order valence-electron chi connectivity index (χ0n) is 15.2. The lowest BCUT2D eigenvalue weighted by Crippen LogP contribution is -2.20. The Balaban J connectivity index is 2.53. The van der Waals surface area contributed by atoms with Crippen LogP contribution in [-0.2, 0) is 30.3 Å². The fourth-order valence-electron chi connectivity index (χ4n) is 2.37. The van der Waals surface area contributed by atoms with E-state index in [-0.39, 0.29) is 25.1 Å². The highest BCUT2D eigenvalue weighted by molar-refractivity contribution is 7.85. The Labute approximate surface area is 150 Å². The Morgan fingerprint density at radius 1 is 1.12 bits per heavy atom. The molecule has 6 nitrogen and oxygen atoms in total. The number of hydrogen-bond acceptors (Lipinski definition) is 6. The van der Waals surface area contributed by atoms with Crippen LogP contribution in [-0.4, -0.2) is 40.5 Å². The van der Waals surface area contributed by atoms with E-state index < -0.39 is 10.1 Å². The van der Waals surface area contributed by atoms with E-state index in [1.165, 1.54) is 0 Å². The average Bonchev–Trinajstić information content (AvgIpc) is 2.56. The van der Waals surface area contributed by atoms with Crippen molar-refractivity contribution in [3.05, 3.63) is 29.8 Å². The molecule has 1 atom stereocenters. The van der Waals surface area contributed by atoms with Crippen LogP contribution >= 0.6 is 0 Å². The maximum Gasteiger partial charge on any atom is 0.309 e. The fourth-order valence-corrected chi connectivity index (χ4v) is 2.74. The number of esters is 1. The number of ether oxygens (including phenoxy) is 2. The van der Waals surface area contributed by atoms with Crippen molar-refractivity contribution in [3.63, 3.8) is 0 Å². The van der Waals surface area contributed by atoms with Gasteiger partial charge in [-0.1, -0.05) is 31.9 Å². The van der Waals surface area contributed by atoms with Crippen LogP contribution in [0.15, 0.2) is 24.3 Å². The molecule has 0 aromatic heterocycles. The van der Waals surface area contributed by atoms with E-state index in [9.17, 15) is 13.2 Å². The van der Waals surface area contributed by atoms with Crippen LogP contribution in [0.5, 0.6) is 5.75 Å². The topological polar surface area (TPSA) is 78.9 Å². The predicted octanol–water partition coefficient (Wildman–Crippen LogP) is 2.95. The Morgan fingerprint density at radius 2 is 1.80 bits per heavy atom. The van der Waals surface area contributed by atoms with Crippen LogP contribution in [0.2, 0.25) is 0 Å². The highest BCUT2D eigenvalue weighted by atomic mass is 32.2.